The minimum Gasteiger partial charge on any atom is -0.330 e. The Balaban J connectivity index is 3.81. The zero-order chi connectivity index (χ0) is 8.91. The molecule has 2 unspecified atom stereocenters. The molecule has 0 radical (unpaired) electrons. The third kappa shape index (κ3) is 5.39. The van der Waals surface area contributed by atoms with Gasteiger partial charge in [0.1, 0.15) is 0 Å². The summed E-state index contributed by atoms with van der Waals surface area (Å²) in [5, 5.41) is 0. The van der Waals surface area contributed by atoms with Gasteiger partial charge in [-0.15, -0.1) is 0 Å². The van der Waals surface area contributed by atoms with Gasteiger partial charge in [-0.3, -0.25) is 4.57 Å². The van der Waals surface area contributed by atoms with E-state index in [1.165, 1.54) is 0 Å². The zero-order valence-electron chi connectivity index (χ0n) is 6.99. The lowest BCUT2D eigenvalue weighted by Crippen LogP contribution is -2.11. The van der Waals surface area contributed by atoms with Gasteiger partial charge in [0.15, 0.2) is 0 Å². The Morgan fingerprint density at radius 1 is 1.73 bits per heavy atom. The first-order valence-corrected chi connectivity index (χ1v) is 5.48. The largest absolute Gasteiger partial charge is 0.330 e. The van der Waals surface area contributed by atoms with Crippen LogP contribution >= 0.6 is 7.60 Å². The van der Waals surface area contributed by atoms with E-state index in [-0.39, 0.29) is 18.8 Å². The second-order valence-corrected chi connectivity index (χ2v) is 4.41. The van der Waals surface area contributed by atoms with Crippen LogP contribution in [0.5, 0.6) is 0 Å². The molecule has 0 bridgehead atoms. The average molecular weight is 181 g/mol. The van der Waals surface area contributed by atoms with Crippen molar-refractivity contribution in [2.75, 3.05) is 12.7 Å². The van der Waals surface area contributed by atoms with E-state index in [1.54, 1.807) is 6.92 Å². The van der Waals surface area contributed by atoms with Gasteiger partial charge in [0.2, 0.25) is 0 Å². The molecule has 68 valence electrons. The highest BCUT2D eigenvalue weighted by molar-refractivity contribution is 7.52. The van der Waals surface area contributed by atoms with Crippen LogP contribution < -0.4 is 5.73 Å². The highest BCUT2D eigenvalue weighted by atomic mass is 31.2. The molecule has 4 nitrogen and oxygen atoms in total. The van der Waals surface area contributed by atoms with E-state index >= 15 is 0 Å². The van der Waals surface area contributed by atoms with Gasteiger partial charge in [-0.2, -0.15) is 0 Å². The fourth-order valence-electron chi connectivity index (χ4n) is 0.572. The van der Waals surface area contributed by atoms with Gasteiger partial charge in [-0.25, -0.2) is 0 Å². The molecule has 0 saturated heterocycles. The molecule has 0 aromatic heterocycles. The Morgan fingerprint density at radius 3 is 2.64 bits per heavy atom. The van der Waals surface area contributed by atoms with Crippen molar-refractivity contribution in [3.8, 4) is 0 Å². The SMILES string of the molecule is CCC(C)OP(=O)(O)CCN. The van der Waals surface area contributed by atoms with Crippen molar-refractivity contribution in [2.24, 2.45) is 5.73 Å². The van der Waals surface area contributed by atoms with Gasteiger partial charge < -0.3 is 15.2 Å². The van der Waals surface area contributed by atoms with Crippen LogP contribution in [-0.2, 0) is 9.09 Å². The maximum atomic E-state index is 11.0. The Bertz CT molecular complexity index is 151. The van der Waals surface area contributed by atoms with E-state index in [2.05, 4.69) is 0 Å². The minimum absolute atomic E-state index is 0.0390. The summed E-state index contributed by atoms with van der Waals surface area (Å²) in [6.45, 7) is 3.84. The summed E-state index contributed by atoms with van der Waals surface area (Å²) in [5.41, 5.74) is 5.12. The summed E-state index contributed by atoms with van der Waals surface area (Å²) in [6.07, 6.45) is 0.601. The topological polar surface area (TPSA) is 72.5 Å². The minimum atomic E-state index is -3.39. The van der Waals surface area contributed by atoms with Crippen LogP contribution in [0.3, 0.4) is 0 Å². The van der Waals surface area contributed by atoms with Gasteiger partial charge in [0.05, 0.1) is 12.3 Å². The lowest BCUT2D eigenvalue weighted by Gasteiger charge is -2.15. The molecule has 0 aliphatic rings. The lowest BCUT2D eigenvalue weighted by atomic mass is 10.3. The van der Waals surface area contributed by atoms with Crippen LogP contribution in [-0.4, -0.2) is 23.7 Å². The van der Waals surface area contributed by atoms with E-state index in [1.807, 2.05) is 6.92 Å². The molecule has 0 fully saturated rings. The van der Waals surface area contributed by atoms with Gasteiger partial charge >= 0.3 is 7.60 Å². The molecule has 0 amide bonds. The predicted octanol–water partition coefficient (Wildman–Crippen LogP) is 0.946. The predicted molar refractivity (Wildman–Crippen MR) is 44.6 cm³/mol. The van der Waals surface area contributed by atoms with Gasteiger partial charge in [0, 0.05) is 6.54 Å². The monoisotopic (exact) mass is 181 g/mol. The van der Waals surface area contributed by atoms with Gasteiger partial charge in [-0.05, 0) is 13.3 Å². The summed E-state index contributed by atoms with van der Waals surface area (Å²) < 4.78 is 15.9. The molecule has 0 aromatic rings. The Labute approximate surface area is 67.3 Å². The van der Waals surface area contributed by atoms with Crippen LogP contribution in [0.1, 0.15) is 20.3 Å². The zero-order valence-corrected chi connectivity index (χ0v) is 7.88. The number of nitrogens with two attached hydrogens (primary N) is 1. The molecular weight excluding hydrogens is 165 g/mol. The maximum absolute atomic E-state index is 11.0. The van der Waals surface area contributed by atoms with E-state index in [9.17, 15) is 4.57 Å². The summed E-state index contributed by atoms with van der Waals surface area (Å²) in [7, 11) is -3.39. The van der Waals surface area contributed by atoms with Crippen molar-refractivity contribution in [1.29, 1.82) is 0 Å². The van der Waals surface area contributed by atoms with Gasteiger partial charge in [-0.1, -0.05) is 6.92 Å². The normalized spacial score (nSPS) is 19.3. The smallest absolute Gasteiger partial charge is 0.329 e. The average Bonchev–Trinajstić information content (AvgIpc) is 1.86. The molecule has 0 rings (SSSR count). The Kier molecular flexibility index (Phi) is 4.93. The van der Waals surface area contributed by atoms with E-state index in [0.29, 0.717) is 0 Å². The highest BCUT2D eigenvalue weighted by Gasteiger charge is 2.20. The van der Waals surface area contributed by atoms with Crippen LogP contribution in [0.4, 0.5) is 0 Å². The third-order valence-corrected chi connectivity index (χ3v) is 2.84. The number of rotatable bonds is 5. The molecule has 0 saturated carbocycles. The van der Waals surface area contributed by atoms with Crippen molar-refractivity contribution in [2.45, 2.75) is 26.4 Å². The quantitative estimate of drug-likeness (QED) is 0.619. The summed E-state index contributed by atoms with van der Waals surface area (Å²) in [6, 6.07) is 0. The van der Waals surface area contributed by atoms with E-state index in [0.717, 1.165) is 6.42 Å². The Morgan fingerprint density at radius 2 is 2.27 bits per heavy atom. The first kappa shape index (κ1) is 11.1. The number of hydrogen-bond donors (Lipinski definition) is 2. The highest BCUT2D eigenvalue weighted by Crippen LogP contribution is 2.42. The van der Waals surface area contributed by atoms with Crippen molar-refractivity contribution in [3.05, 3.63) is 0 Å². The Hall–Kier alpha value is 0.110. The standard InChI is InChI=1S/C6H16NO3P/c1-3-6(2)10-11(8,9)5-4-7/h6H,3-5,7H2,1-2H3,(H,8,9). The molecule has 11 heavy (non-hydrogen) atoms. The van der Waals surface area contributed by atoms with Crippen LogP contribution in [0, 0.1) is 0 Å². The molecule has 0 heterocycles. The fourth-order valence-corrected chi connectivity index (χ4v) is 1.71. The summed E-state index contributed by atoms with van der Waals surface area (Å²) in [5.74, 6) is 0. The molecular formula is C6H16NO3P. The summed E-state index contributed by atoms with van der Waals surface area (Å²) >= 11 is 0. The van der Waals surface area contributed by atoms with Gasteiger partial charge in [0.25, 0.3) is 0 Å². The van der Waals surface area contributed by atoms with E-state index < -0.39 is 7.60 Å². The van der Waals surface area contributed by atoms with Crippen LogP contribution in [0.25, 0.3) is 0 Å². The second kappa shape index (κ2) is 4.88. The van der Waals surface area contributed by atoms with Crippen molar-refractivity contribution < 1.29 is 14.0 Å². The maximum Gasteiger partial charge on any atom is 0.329 e. The molecule has 0 aromatic carbocycles. The molecule has 0 aliphatic carbocycles. The molecule has 5 heteroatoms. The lowest BCUT2D eigenvalue weighted by molar-refractivity contribution is 0.186. The summed E-state index contributed by atoms with van der Waals surface area (Å²) in [4.78, 5) is 9.07. The van der Waals surface area contributed by atoms with Crippen molar-refractivity contribution in [1.82, 2.24) is 0 Å². The van der Waals surface area contributed by atoms with Crippen molar-refractivity contribution >= 4 is 7.60 Å². The first-order chi connectivity index (χ1) is 5.02. The molecule has 3 N–H and O–H groups in total. The van der Waals surface area contributed by atoms with Crippen LogP contribution in [0.2, 0.25) is 0 Å². The van der Waals surface area contributed by atoms with Crippen molar-refractivity contribution in [3.63, 3.8) is 0 Å². The second-order valence-electron chi connectivity index (χ2n) is 2.47. The fraction of sp³-hybridized carbons (Fsp3) is 1.00. The third-order valence-electron chi connectivity index (χ3n) is 1.33. The van der Waals surface area contributed by atoms with Crippen LogP contribution in [0.15, 0.2) is 0 Å². The molecule has 0 aliphatic heterocycles. The molecule has 0 spiro atoms. The van der Waals surface area contributed by atoms with E-state index in [4.69, 9.17) is 15.2 Å². The first-order valence-electron chi connectivity index (χ1n) is 3.72. The number of hydrogen-bond acceptors (Lipinski definition) is 3. The molecule has 2 atom stereocenters.